The number of carbonyl (C=O) groups excluding carboxylic acids is 2. The lowest BCUT2D eigenvalue weighted by molar-refractivity contribution is -0.137. The summed E-state index contributed by atoms with van der Waals surface area (Å²) in [4.78, 5) is 41.1. The molecule has 0 bridgehead atoms. The quantitative estimate of drug-likeness (QED) is 0.249. The van der Waals surface area contributed by atoms with Gasteiger partial charge in [-0.15, -0.1) is 11.3 Å². The molecule has 3 aromatic rings. The summed E-state index contributed by atoms with van der Waals surface area (Å²) in [6.07, 6.45) is 3.14. The Morgan fingerprint density at radius 1 is 1.11 bits per heavy atom. The summed E-state index contributed by atoms with van der Waals surface area (Å²) >= 11 is 6.46. The van der Waals surface area contributed by atoms with Crippen molar-refractivity contribution in [3.05, 3.63) is 93.3 Å². The SMILES string of the molecule is C=C(F)/C(=C\C=C/C)c1cc(C(=O)N[C@H](C)c2ncc(C(=O)Nc3cc(C(F)(F)F)c(Cl)cn3)s2)ncn1. The normalized spacial score (nSPS) is 12.9. The van der Waals surface area contributed by atoms with Crippen LogP contribution < -0.4 is 10.6 Å². The summed E-state index contributed by atoms with van der Waals surface area (Å²) in [7, 11) is 0. The third-order valence-electron chi connectivity index (χ3n) is 4.79. The summed E-state index contributed by atoms with van der Waals surface area (Å²) in [5.41, 5.74) is -0.945. The van der Waals surface area contributed by atoms with Gasteiger partial charge in [0.05, 0.1) is 28.5 Å². The highest BCUT2D eigenvalue weighted by molar-refractivity contribution is 7.13. The molecule has 0 saturated carbocycles. The lowest BCUT2D eigenvalue weighted by Crippen LogP contribution is -2.27. The maximum absolute atomic E-state index is 13.9. The van der Waals surface area contributed by atoms with E-state index in [1.165, 1.54) is 18.3 Å². The highest BCUT2D eigenvalue weighted by Gasteiger charge is 2.34. The molecule has 8 nitrogen and oxygen atoms in total. The molecule has 14 heteroatoms. The molecule has 0 radical (unpaired) electrons. The number of carbonyl (C=O) groups is 2. The molecule has 2 amide bonds. The molecule has 0 unspecified atom stereocenters. The highest BCUT2D eigenvalue weighted by Crippen LogP contribution is 2.35. The van der Waals surface area contributed by atoms with Crippen molar-refractivity contribution in [3.8, 4) is 0 Å². The van der Waals surface area contributed by atoms with Crippen molar-refractivity contribution >= 4 is 46.1 Å². The maximum Gasteiger partial charge on any atom is 0.418 e. The van der Waals surface area contributed by atoms with E-state index in [9.17, 15) is 27.2 Å². The molecular weight excluding hydrogens is 548 g/mol. The van der Waals surface area contributed by atoms with Gasteiger partial charge in [-0.05, 0) is 26.0 Å². The number of aromatic nitrogens is 4. The molecule has 0 aromatic carbocycles. The van der Waals surface area contributed by atoms with Crippen LogP contribution in [-0.2, 0) is 6.18 Å². The lowest BCUT2D eigenvalue weighted by Gasteiger charge is -2.11. The Morgan fingerprint density at radius 2 is 1.82 bits per heavy atom. The fourth-order valence-electron chi connectivity index (χ4n) is 2.96. The average molecular weight is 567 g/mol. The second kappa shape index (κ2) is 12.0. The van der Waals surface area contributed by atoms with Crippen LogP contribution in [-0.4, -0.2) is 31.8 Å². The number of hydrogen-bond acceptors (Lipinski definition) is 7. The van der Waals surface area contributed by atoms with E-state index in [0.717, 1.165) is 23.9 Å². The van der Waals surface area contributed by atoms with Gasteiger partial charge in [-0.25, -0.2) is 24.3 Å². The van der Waals surface area contributed by atoms with Crippen molar-refractivity contribution in [2.45, 2.75) is 26.1 Å². The zero-order valence-electron chi connectivity index (χ0n) is 19.8. The molecule has 0 aliphatic carbocycles. The van der Waals surface area contributed by atoms with Gasteiger partial charge in [-0.3, -0.25) is 9.59 Å². The number of rotatable bonds is 8. The molecule has 0 aliphatic rings. The molecule has 3 heterocycles. The Hall–Kier alpha value is -3.97. The number of allylic oxidation sites excluding steroid dienone is 5. The Balaban J connectivity index is 1.71. The first kappa shape index (κ1) is 28.6. The van der Waals surface area contributed by atoms with Crippen LogP contribution in [0.25, 0.3) is 5.57 Å². The first-order valence-electron chi connectivity index (χ1n) is 10.7. The van der Waals surface area contributed by atoms with Gasteiger partial charge >= 0.3 is 6.18 Å². The van der Waals surface area contributed by atoms with E-state index >= 15 is 0 Å². The third kappa shape index (κ3) is 7.07. The number of alkyl halides is 3. The van der Waals surface area contributed by atoms with E-state index in [4.69, 9.17) is 11.6 Å². The number of amides is 2. The van der Waals surface area contributed by atoms with E-state index in [0.29, 0.717) is 11.1 Å². The van der Waals surface area contributed by atoms with Gasteiger partial charge in [0.25, 0.3) is 11.8 Å². The maximum atomic E-state index is 13.9. The monoisotopic (exact) mass is 566 g/mol. The standard InChI is InChI=1S/C24H19ClF4N6O2S/c1-4-5-6-14(12(2)26)17-8-18(33-11-32-17)21(36)34-13(3)23-31-10-19(38-23)22(37)35-20-7-15(24(27,28)29)16(25)9-30-20/h4-11,13H,2H2,1,3H3,(H,34,36)(H,30,35,37)/b5-4-,14-6+/t13-/m1/s1. The molecular formula is C24H19ClF4N6O2S. The van der Waals surface area contributed by atoms with Gasteiger partial charge in [0.2, 0.25) is 0 Å². The fourth-order valence-corrected chi connectivity index (χ4v) is 3.99. The van der Waals surface area contributed by atoms with Crippen LogP contribution in [0.4, 0.5) is 23.4 Å². The highest BCUT2D eigenvalue weighted by atomic mass is 35.5. The van der Waals surface area contributed by atoms with Crippen LogP contribution in [0.1, 0.15) is 56.3 Å². The predicted molar refractivity (Wildman–Crippen MR) is 135 cm³/mol. The summed E-state index contributed by atoms with van der Waals surface area (Å²) < 4.78 is 53.0. The zero-order valence-corrected chi connectivity index (χ0v) is 21.4. The van der Waals surface area contributed by atoms with Crippen LogP contribution in [0.5, 0.6) is 0 Å². The minimum absolute atomic E-state index is 0.0433. The molecule has 3 aromatic heterocycles. The second-order valence-electron chi connectivity index (χ2n) is 7.56. The number of anilines is 1. The van der Waals surface area contributed by atoms with Crippen molar-refractivity contribution in [2.24, 2.45) is 0 Å². The molecule has 38 heavy (non-hydrogen) atoms. The first-order valence-corrected chi connectivity index (χ1v) is 11.9. The van der Waals surface area contributed by atoms with Gasteiger partial charge in [0, 0.05) is 11.8 Å². The van der Waals surface area contributed by atoms with E-state index in [-0.39, 0.29) is 27.7 Å². The topological polar surface area (TPSA) is 110 Å². The number of pyridine rings is 1. The van der Waals surface area contributed by atoms with E-state index in [1.807, 2.05) is 0 Å². The van der Waals surface area contributed by atoms with Crippen molar-refractivity contribution in [2.75, 3.05) is 5.32 Å². The van der Waals surface area contributed by atoms with Crippen LogP contribution in [0.3, 0.4) is 0 Å². The number of hydrogen-bond donors (Lipinski definition) is 2. The van der Waals surface area contributed by atoms with Crippen molar-refractivity contribution in [1.29, 1.82) is 0 Å². The van der Waals surface area contributed by atoms with Crippen molar-refractivity contribution in [3.63, 3.8) is 0 Å². The van der Waals surface area contributed by atoms with E-state index in [2.05, 4.69) is 37.1 Å². The third-order valence-corrected chi connectivity index (χ3v) is 6.27. The van der Waals surface area contributed by atoms with Gasteiger partial charge in [-0.1, -0.05) is 36.4 Å². The first-order chi connectivity index (χ1) is 17.9. The second-order valence-corrected chi connectivity index (χ2v) is 9.03. The minimum Gasteiger partial charge on any atom is -0.342 e. The molecule has 1 atom stereocenters. The van der Waals surface area contributed by atoms with Crippen LogP contribution in [0.15, 0.2) is 61.5 Å². The van der Waals surface area contributed by atoms with E-state index in [1.54, 1.807) is 26.0 Å². The van der Waals surface area contributed by atoms with Crippen molar-refractivity contribution < 1.29 is 27.2 Å². The van der Waals surface area contributed by atoms with Gasteiger partial charge in [0.15, 0.2) is 0 Å². The molecule has 3 rings (SSSR count). The summed E-state index contributed by atoms with van der Waals surface area (Å²) in [6.45, 7) is 6.64. The largest absolute Gasteiger partial charge is 0.418 e. The smallest absolute Gasteiger partial charge is 0.342 e. The molecule has 0 fully saturated rings. The molecule has 0 aliphatic heterocycles. The molecule has 198 valence electrons. The summed E-state index contributed by atoms with van der Waals surface area (Å²) in [5, 5.41) is 4.67. The van der Waals surface area contributed by atoms with Gasteiger partial charge in [-0.2, -0.15) is 13.2 Å². The van der Waals surface area contributed by atoms with Crippen molar-refractivity contribution in [1.82, 2.24) is 25.3 Å². The zero-order chi connectivity index (χ0) is 28.0. The van der Waals surface area contributed by atoms with E-state index < -0.39 is 40.4 Å². The molecule has 2 N–H and O–H groups in total. The number of thiazole rings is 1. The van der Waals surface area contributed by atoms with Gasteiger partial charge in [0.1, 0.15) is 33.6 Å². The van der Waals surface area contributed by atoms with Crippen LogP contribution in [0.2, 0.25) is 5.02 Å². The predicted octanol–water partition coefficient (Wildman–Crippen LogP) is 6.19. The number of nitrogens with one attached hydrogen (secondary N) is 2. The Morgan fingerprint density at radius 3 is 2.47 bits per heavy atom. The number of nitrogens with zero attached hydrogens (tertiary/aromatic N) is 4. The molecule has 0 spiro atoms. The van der Waals surface area contributed by atoms with Crippen LogP contribution >= 0.6 is 22.9 Å². The summed E-state index contributed by atoms with van der Waals surface area (Å²) in [6, 6.07) is 1.25. The number of halogens is 5. The lowest BCUT2D eigenvalue weighted by atomic mass is 10.1. The van der Waals surface area contributed by atoms with Gasteiger partial charge < -0.3 is 10.6 Å². The molecule has 0 saturated heterocycles. The Kier molecular flexibility index (Phi) is 9.07. The fraction of sp³-hybridized carbons (Fsp3) is 0.167. The Labute approximate surface area is 223 Å². The Bertz CT molecular complexity index is 1440. The minimum atomic E-state index is -4.72. The van der Waals surface area contributed by atoms with Crippen LogP contribution in [0, 0.1) is 0 Å². The average Bonchev–Trinajstić information content (AvgIpc) is 3.35. The summed E-state index contributed by atoms with van der Waals surface area (Å²) in [5.74, 6) is -2.44.